The van der Waals surface area contributed by atoms with E-state index in [9.17, 15) is 14.4 Å². The van der Waals surface area contributed by atoms with E-state index in [1.54, 1.807) is 0 Å². The molecule has 0 aromatic rings. The van der Waals surface area contributed by atoms with Crippen molar-refractivity contribution in [3.8, 4) is 0 Å². The van der Waals surface area contributed by atoms with Crippen LogP contribution in [0.5, 0.6) is 0 Å². The first-order valence-corrected chi connectivity index (χ1v) is 5.57. The first-order chi connectivity index (χ1) is 7.82. The van der Waals surface area contributed by atoms with Crippen LogP contribution in [0.25, 0.3) is 0 Å². The van der Waals surface area contributed by atoms with Crippen LogP contribution in [0.15, 0.2) is 0 Å². The second-order valence-electron chi connectivity index (χ2n) is 4.34. The Kier molecular flexibility index (Phi) is 6.93. The van der Waals surface area contributed by atoms with Gasteiger partial charge >= 0.3 is 11.9 Å². The van der Waals surface area contributed by atoms with Crippen LogP contribution in [-0.2, 0) is 14.4 Å². The zero-order valence-electron chi connectivity index (χ0n) is 10.1. The van der Waals surface area contributed by atoms with Gasteiger partial charge in [0, 0.05) is 12.8 Å². The van der Waals surface area contributed by atoms with Gasteiger partial charge in [0.05, 0.1) is 0 Å². The Hall–Kier alpha value is -1.59. The van der Waals surface area contributed by atoms with E-state index >= 15 is 0 Å². The Bertz CT molecular complexity index is 288. The molecule has 0 saturated carbocycles. The summed E-state index contributed by atoms with van der Waals surface area (Å²) < 4.78 is 0. The minimum absolute atomic E-state index is 0.0359. The molecule has 3 N–H and O–H groups in total. The van der Waals surface area contributed by atoms with E-state index in [4.69, 9.17) is 10.2 Å². The van der Waals surface area contributed by atoms with Crippen molar-refractivity contribution >= 4 is 17.8 Å². The van der Waals surface area contributed by atoms with Gasteiger partial charge in [0.2, 0.25) is 5.91 Å². The minimum atomic E-state index is -1.06. The number of carbonyl (C=O) groups is 3. The van der Waals surface area contributed by atoms with Gasteiger partial charge in [0.1, 0.15) is 6.04 Å². The average Bonchev–Trinajstić information content (AvgIpc) is 2.15. The fraction of sp³-hybridized carbons (Fsp3) is 0.727. The lowest BCUT2D eigenvalue weighted by Crippen LogP contribution is -2.41. The number of carboxylic acid groups (broad SMARTS) is 2. The molecule has 0 saturated heterocycles. The van der Waals surface area contributed by atoms with Crippen LogP contribution in [-0.4, -0.2) is 34.1 Å². The van der Waals surface area contributed by atoms with Crippen molar-refractivity contribution in [3.05, 3.63) is 0 Å². The number of aliphatic carboxylic acids is 2. The molecule has 0 fully saturated rings. The molecule has 0 bridgehead atoms. The fourth-order valence-corrected chi connectivity index (χ4v) is 1.36. The quantitative estimate of drug-likeness (QED) is 0.588. The van der Waals surface area contributed by atoms with Gasteiger partial charge in [-0.1, -0.05) is 13.8 Å². The number of carbonyl (C=O) groups excluding carboxylic acids is 1. The predicted molar refractivity (Wildman–Crippen MR) is 60.5 cm³/mol. The molecule has 1 amide bonds. The molecule has 0 aliphatic heterocycles. The highest BCUT2D eigenvalue weighted by atomic mass is 16.4. The summed E-state index contributed by atoms with van der Waals surface area (Å²) in [5.41, 5.74) is 0. The molecule has 0 radical (unpaired) electrons. The van der Waals surface area contributed by atoms with Crippen molar-refractivity contribution in [2.24, 2.45) is 5.92 Å². The van der Waals surface area contributed by atoms with Crippen molar-refractivity contribution in [2.45, 2.75) is 45.6 Å². The van der Waals surface area contributed by atoms with Gasteiger partial charge in [-0.15, -0.1) is 0 Å². The normalized spacial score (nSPS) is 12.2. The lowest BCUT2D eigenvalue weighted by atomic mass is 10.0. The summed E-state index contributed by atoms with van der Waals surface area (Å²) in [6.45, 7) is 3.74. The summed E-state index contributed by atoms with van der Waals surface area (Å²) in [5, 5.41) is 19.7. The minimum Gasteiger partial charge on any atom is -0.481 e. The summed E-state index contributed by atoms with van der Waals surface area (Å²) in [4.78, 5) is 32.4. The molecule has 98 valence electrons. The van der Waals surface area contributed by atoms with Crippen LogP contribution in [0, 0.1) is 5.92 Å². The third-order valence-electron chi connectivity index (χ3n) is 2.13. The summed E-state index contributed by atoms with van der Waals surface area (Å²) >= 11 is 0. The fourth-order valence-electron chi connectivity index (χ4n) is 1.36. The summed E-state index contributed by atoms with van der Waals surface area (Å²) in [6, 6.07) is -0.896. The molecule has 1 atom stereocenters. The van der Waals surface area contributed by atoms with E-state index in [0.29, 0.717) is 6.42 Å². The zero-order valence-corrected chi connectivity index (χ0v) is 10.1. The van der Waals surface area contributed by atoms with Crippen LogP contribution in [0.3, 0.4) is 0 Å². The topological polar surface area (TPSA) is 104 Å². The first-order valence-electron chi connectivity index (χ1n) is 5.57. The van der Waals surface area contributed by atoms with E-state index in [1.165, 1.54) is 0 Å². The SMILES string of the molecule is CC(C)C[C@H](NC(=O)CCCC(=O)O)C(=O)O. The van der Waals surface area contributed by atoms with Crippen molar-refractivity contribution < 1.29 is 24.6 Å². The number of hydrogen-bond acceptors (Lipinski definition) is 3. The third kappa shape index (κ3) is 8.24. The van der Waals surface area contributed by atoms with Crippen LogP contribution in [0.1, 0.15) is 39.5 Å². The summed E-state index contributed by atoms with van der Waals surface area (Å²) in [7, 11) is 0. The van der Waals surface area contributed by atoms with Gasteiger partial charge in [-0.05, 0) is 18.8 Å². The van der Waals surface area contributed by atoms with Crippen molar-refractivity contribution in [3.63, 3.8) is 0 Å². The smallest absolute Gasteiger partial charge is 0.326 e. The van der Waals surface area contributed by atoms with Crippen LogP contribution < -0.4 is 5.32 Å². The molecule has 6 nitrogen and oxygen atoms in total. The summed E-state index contributed by atoms with van der Waals surface area (Å²) in [6.07, 6.45) is 0.526. The number of amides is 1. The number of hydrogen-bond donors (Lipinski definition) is 3. The Balaban J connectivity index is 4.04. The first kappa shape index (κ1) is 15.4. The molecule has 0 aliphatic carbocycles. The largest absolute Gasteiger partial charge is 0.481 e. The second-order valence-corrected chi connectivity index (χ2v) is 4.34. The van der Waals surface area contributed by atoms with Crippen LogP contribution >= 0.6 is 0 Å². The third-order valence-corrected chi connectivity index (χ3v) is 2.13. The maximum absolute atomic E-state index is 11.4. The number of nitrogens with one attached hydrogen (secondary N) is 1. The molecule has 0 spiro atoms. The monoisotopic (exact) mass is 245 g/mol. The van der Waals surface area contributed by atoms with Crippen LogP contribution in [0.4, 0.5) is 0 Å². The van der Waals surface area contributed by atoms with E-state index in [0.717, 1.165) is 0 Å². The molecule has 0 rings (SSSR count). The highest BCUT2D eigenvalue weighted by Crippen LogP contribution is 2.05. The van der Waals surface area contributed by atoms with E-state index < -0.39 is 23.9 Å². The molecule has 0 aromatic carbocycles. The highest BCUT2D eigenvalue weighted by Gasteiger charge is 2.20. The Morgan fingerprint density at radius 1 is 1.12 bits per heavy atom. The van der Waals surface area contributed by atoms with E-state index in [2.05, 4.69) is 5.32 Å². The Morgan fingerprint density at radius 2 is 1.71 bits per heavy atom. The zero-order chi connectivity index (χ0) is 13.4. The molecule has 17 heavy (non-hydrogen) atoms. The lowest BCUT2D eigenvalue weighted by Gasteiger charge is -2.16. The van der Waals surface area contributed by atoms with Crippen molar-refractivity contribution in [2.75, 3.05) is 0 Å². The Morgan fingerprint density at radius 3 is 2.12 bits per heavy atom. The molecular weight excluding hydrogens is 226 g/mol. The van der Waals surface area contributed by atoms with E-state index in [1.807, 2.05) is 13.8 Å². The Labute approximate surface area is 100 Å². The maximum atomic E-state index is 11.4. The van der Waals surface area contributed by atoms with Gasteiger partial charge in [-0.2, -0.15) is 0 Å². The van der Waals surface area contributed by atoms with Gasteiger partial charge in [-0.25, -0.2) is 4.79 Å². The average molecular weight is 245 g/mol. The van der Waals surface area contributed by atoms with E-state index in [-0.39, 0.29) is 25.2 Å². The standard InChI is InChI=1S/C11H19NO5/c1-7(2)6-8(11(16)17)12-9(13)4-3-5-10(14)15/h7-8H,3-6H2,1-2H3,(H,12,13)(H,14,15)(H,16,17)/t8-/m0/s1. The second kappa shape index (κ2) is 7.65. The van der Waals surface area contributed by atoms with Crippen molar-refractivity contribution in [1.82, 2.24) is 5.32 Å². The molecule has 0 aliphatic rings. The molecule has 6 heteroatoms. The van der Waals surface area contributed by atoms with Crippen molar-refractivity contribution in [1.29, 1.82) is 0 Å². The number of rotatable bonds is 8. The molecule has 0 unspecified atom stereocenters. The molecular formula is C11H19NO5. The maximum Gasteiger partial charge on any atom is 0.326 e. The van der Waals surface area contributed by atoms with Gasteiger partial charge in [0.25, 0.3) is 0 Å². The van der Waals surface area contributed by atoms with Gasteiger partial charge in [-0.3, -0.25) is 9.59 Å². The summed E-state index contributed by atoms with van der Waals surface area (Å²) in [5.74, 6) is -2.28. The molecule has 0 heterocycles. The predicted octanol–water partition coefficient (Wildman–Crippen LogP) is 0.857. The highest BCUT2D eigenvalue weighted by molar-refractivity contribution is 5.83. The number of carboxylic acids is 2. The van der Waals surface area contributed by atoms with Gasteiger partial charge in [0.15, 0.2) is 0 Å². The lowest BCUT2D eigenvalue weighted by molar-refractivity contribution is -0.142. The van der Waals surface area contributed by atoms with Gasteiger partial charge < -0.3 is 15.5 Å². The van der Waals surface area contributed by atoms with Crippen LogP contribution in [0.2, 0.25) is 0 Å². The molecule has 0 aromatic heterocycles.